The summed E-state index contributed by atoms with van der Waals surface area (Å²) in [5.41, 5.74) is 2.66. The van der Waals surface area contributed by atoms with Crippen LogP contribution in [0.15, 0.2) is 30.6 Å². The lowest BCUT2D eigenvalue weighted by Crippen LogP contribution is -2.22. The van der Waals surface area contributed by atoms with Gasteiger partial charge in [0.25, 0.3) is 0 Å². The minimum atomic E-state index is 0.367. The van der Waals surface area contributed by atoms with Gasteiger partial charge in [-0.3, -0.25) is 0 Å². The Hall–Kier alpha value is -1.84. The van der Waals surface area contributed by atoms with Gasteiger partial charge in [-0.25, -0.2) is 9.67 Å². The number of hydrogen-bond acceptors (Lipinski definition) is 3. The first-order valence-corrected chi connectivity index (χ1v) is 6.47. The molecule has 0 saturated carbocycles. The molecule has 1 atom stereocenters. The number of rotatable bonds is 3. The van der Waals surface area contributed by atoms with Crippen LogP contribution in [0.4, 0.5) is 5.69 Å². The molecular weight excluding hydrogens is 224 g/mol. The van der Waals surface area contributed by atoms with E-state index in [-0.39, 0.29) is 0 Å². The van der Waals surface area contributed by atoms with Gasteiger partial charge in [-0.15, -0.1) is 0 Å². The summed E-state index contributed by atoms with van der Waals surface area (Å²) in [6.45, 7) is 4.27. The molecule has 1 N–H and O–H groups in total. The van der Waals surface area contributed by atoms with Crippen molar-refractivity contribution in [1.29, 1.82) is 0 Å². The maximum Gasteiger partial charge on any atom is 0.138 e. The van der Waals surface area contributed by atoms with Crippen LogP contribution in [0.5, 0.6) is 0 Å². The van der Waals surface area contributed by atoms with Crippen LogP contribution < -0.4 is 5.32 Å². The van der Waals surface area contributed by atoms with E-state index in [0.717, 1.165) is 18.7 Å². The van der Waals surface area contributed by atoms with E-state index in [9.17, 15) is 0 Å². The van der Waals surface area contributed by atoms with Crippen molar-refractivity contribution in [3.8, 4) is 0 Å². The number of fused-ring (bicyclic) bond motifs is 1. The summed E-state index contributed by atoms with van der Waals surface area (Å²) >= 11 is 0. The van der Waals surface area contributed by atoms with Gasteiger partial charge < -0.3 is 5.32 Å². The van der Waals surface area contributed by atoms with E-state index < -0.39 is 0 Å². The number of nitrogens with one attached hydrogen (secondary N) is 1. The molecule has 0 aliphatic carbocycles. The number of aromatic nitrogens is 3. The minimum Gasteiger partial charge on any atom is -0.381 e. The van der Waals surface area contributed by atoms with Crippen molar-refractivity contribution in [2.24, 2.45) is 0 Å². The van der Waals surface area contributed by atoms with E-state index in [0.29, 0.717) is 12.1 Å². The van der Waals surface area contributed by atoms with Gasteiger partial charge in [-0.2, -0.15) is 5.10 Å². The second kappa shape index (κ2) is 4.44. The maximum absolute atomic E-state index is 4.38. The molecule has 1 aliphatic heterocycles. The first-order valence-electron chi connectivity index (χ1n) is 6.47. The third-order valence-corrected chi connectivity index (χ3v) is 3.41. The highest BCUT2D eigenvalue weighted by Gasteiger charge is 2.22. The molecule has 4 nitrogen and oxygen atoms in total. The van der Waals surface area contributed by atoms with Gasteiger partial charge >= 0.3 is 0 Å². The largest absolute Gasteiger partial charge is 0.381 e. The van der Waals surface area contributed by atoms with Crippen LogP contribution in [0.3, 0.4) is 0 Å². The van der Waals surface area contributed by atoms with Crippen molar-refractivity contribution in [3.63, 3.8) is 0 Å². The summed E-state index contributed by atoms with van der Waals surface area (Å²) in [4.78, 5) is 4.38. The SMILES string of the molecule is CC(C)n1ncnc1CC1Cc2ccccc2N1. The molecule has 1 aromatic carbocycles. The first-order chi connectivity index (χ1) is 8.74. The number of nitrogens with zero attached hydrogens (tertiary/aromatic N) is 3. The van der Waals surface area contributed by atoms with Crippen molar-refractivity contribution >= 4 is 5.69 Å². The number of anilines is 1. The average Bonchev–Trinajstić information content (AvgIpc) is 2.94. The molecule has 18 heavy (non-hydrogen) atoms. The van der Waals surface area contributed by atoms with Crippen LogP contribution in [-0.2, 0) is 12.8 Å². The van der Waals surface area contributed by atoms with Crippen molar-refractivity contribution in [2.75, 3.05) is 5.32 Å². The van der Waals surface area contributed by atoms with Gasteiger partial charge in [-0.05, 0) is 31.9 Å². The average molecular weight is 242 g/mol. The Morgan fingerprint density at radius 2 is 2.22 bits per heavy atom. The van der Waals surface area contributed by atoms with Gasteiger partial charge in [0, 0.05) is 24.2 Å². The summed E-state index contributed by atoms with van der Waals surface area (Å²) in [6.07, 6.45) is 3.64. The number of hydrogen-bond donors (Lipinski definition) is 1. The molecule has 1 aromatic heterocycles. The fourth-order valence-electron chi connectivity index (χ4n) is 2.57. The van der Waals surface area contributed by atoms with Crippen LogP contribution in [-0.4, -0.2) is 20.8 Å². The first kappa shape index (κ1) is 11.3. The van der Waals surface area contributed by atoms with E-state index >= 15 is 0 Å². The highest BCUT2D eigenvalue weighted by atomic mass is 15.3. The summed E-state index contributed by atoms with van der Waals surface area (Å²) in [6, 6.07) is 9.30. The minimum absolute atomic E-state index is 0.367. The third kappa shape index (κ3) is 1.98. The lowest BCUT2D eigenvalue weighted by molar-refractivity contribution is 0.496. The molecule has 0 bridgehead atoms. The molecule has 1 unspecified atom stereocenters. The lowest BCUT2D eigenvalue weighted by atomic mass is 10.1. The molecule has 3 rings (SSSR count). The van der Waals surface area contributed by atoms with Crippen molar-refractivity contribution in [3.05, 3.63) is 42.0 Å². The summed E-state index contributed by atoms with van der Waals surface area (Å²) in [7, 11) is 0. The van der Waals surface area contributed by atoms with Crippen LogP contribution in [0.2, 0.25) is 0 Å². The van der Waals surface area contributed by atoms with Gasteiger partial charge in [0.1, 0.15) is 12.2 Å². The molecule has 0 amide bonds. The smallest absolute Gasteiger partial charge is 0.138 e. The second-order valence-corrected chi connectivity index (χ2v) is 5.12. The van der Waals surface area contributed by atoms with Crippen molar-refractivity contribution < 1.29 is 0 Å². The molecule has 1 aliphatic rings. The van der Waals surface area contributed by atoms with E-state index in [1.165, 1.54) is 11.3 Å². The maximum atomic E-state index is 4.38. The van der Waals surface area contributed by atoms with Gasteiger partial charge in [0.2, 0.25) is 0 Å². The van der Waals surface area contributed by atoms with Crippen LogP contribution in [0.25, 0.3) is 0 Å². The highest BCUT2D eigenvalue weighted by molar-refractivity contribution is 5.56. The Balaban J connectivity index is 1.74. The third-order valence-electron chi connectivity index (χ3n) is 3.41. The molecule has 0 spiro atoms. The Bertz CT molecular complexity index is 519. The molecule has 2 aromatic rings. The standard InChI is InChI=1S/C14H18N4/c1-10(2)18-14(15-9-16-18)8-12-7-11-5-3-4-6-13(11)17-12/h3-6,9-10,12,17H,7-8H2,1-2H3. The van der Waals surface area contributed by atoms with Crippen LogP contribution in [0, 0.1) is 0 Å². The highest BCUT2D eigenvalue weighted by Crippen LogP contribution is 2.26. The van der Waals surface area contributed by atoms with E-state index in [2.05, 4.69) is 53.5 Å². The fraction of sp³-hybridized carbons (Fsp3) is 0.429. The zero-order valence-electron chi connectivity index (χ0n) is 10.8. The molecule has 2 heterocycles. The number of benzene rings is 1. The summed E-state index contributed by atoms with van der Waals surface area (Å²) in [5.74, 6) is 1.07. The summed E-state index contributed by atoms with van der Waals surface area (Å²) in [5, 5.41) is 7.84. The van der Waals surface area contributed by atoms with Gasteiger partial charge in [0.05, 0.1) is 0 Å². The summed E-state index contributed by atoms with van der Waals surface area (Å²) < 4.78 is 2.00. The predicted molar refractivity (Wildman–Crippen MR) is 71.7 cm³/mol. The van der Waals surface area contributed by atoms with E-state index in [1.54, 1.807) is 6.33 Å². The zero-order valence-corrected chi connectivity index (χ0v) is 10.8. The van der Waals surface area contributed by atoms with E-state index in [4.69, 9.17) is 0 Å². The van der Waals surface area contributed by atoms with Gasteiger partial charge in [-0.1, -0.05) is 18.2 Å². The van der Waals surface area contributed by atoms with Crippen molar-refractivity contribution in [2.45, 2.75) is 38.8 Å². The molecule has 94 valence electrons. The molecule has 0 saturated heterocycles. The van der Waals surface area contributed by atoms with Crippen LogP contribution in [0.1, 0.15) is 31.3 Å². The normalized spacial score (nSPS) is 17.8. The van der Waals surface area contributed by atoms with E-state index in [1.807, 2.05) is 4.68 Å². The quantitative estimate of drug-likeness (QED) is 0.899. The predicted octanol–water partition coefficient (Wildman–Crippen LogP) is 2.44. The second-order valence-electron chi connectivity index (χ2n) is 5.12. The zero-order chi connectivity index (χ0) is 12.5. The van der Waals surface area contributed by atoms with Crippen LogP contribution >= 0.6 is 0 Å². The van der Waals surface area contributed by atoms with Gasteiger partial charge in [0.15, 0.2) is 0 Å². The lowest BCUT2D eigenvalue weighted by Gasteiger charge is -2.13. The molecular formula is C14H18N4. The fourth-order valence-corrected chi connectivity index (χ4v) is 2.57. The van der Waals surface area contributed by atoms with Crippen molar-refractivity contribution in [1.82, 2.24) is 14.8 Å². The Kier molecular flexibility index (Phi) is 2.78. The Morgan fingerprint density at radius 1 is 1.39 bits per heavy atom. The Labute approximate surface area is 107 Å². The topological polar surface area (TPSA) is 42.7 Å². The Morgan fingerprint density at radius 3 is 3.00 bits per heavy atom. The monoisotopic (exact) mass is 242 g/mol. The molecule has 0 radical (unpaired) electrons. The molecule has 4 heteroatoms. The molecule has 0 fully saturated rings. The number of para-hydroxylation sites is 1.